The summed E-state index contributed by atoms with van der Waals surface area (Å²) in [7, 11) is 0. The Morgan fingerprint density at radius 3 is 2.60 bits per heavy atom. The fourth-order valence-corrected chi connectivity index (χ4v) is 2.08. The van der Waals surface area contributed by atoms with Crippen LogP contribution in [0.15, 0.2) is 36.4 Å². The first-order chi connectivity index (χ1) is 11.3. The van der Waals surface area contributed by atoms with Crippen molar-refractivity contribution >= 4 is 58.7 Å². The number of hydrogen-bond donors (Lipinski definition) is 4. The molecule has 0 radical (unpaired) electrons. The summed E-state index contributed by atoms with van der Waals surface area (Å²) in [6.07, 6.45) is 2.58. The van der Waals surface area contributed by atoms with Crippen LogP contribution in [0, 0.1) is 10.1 Å². The molecule has 2 aromatic rings. The average Bonchev–Trinajstić information content (AvgIpc) is 2.52. The van der Waals surface area contributed by atoms with Crippen LogP contribution in [-0.4, -0.2) is 15.9 Å². The van der Waals surface area contributed by atoms with Crippen LogP contribution in [0.3, 0.4) is 0 Å². The Balaban J connectivity index is 0.00000312. The number of hydrogen-bond acceptors (Lipinski definition) is 6. The highest BCUT2D eigenvalue weighted by atomic mass is 35.5. The lowest BCUT2D eigenvalue weighted by atomic mass is 10.1. The van der Waals surface area contributed by atoms with Crippen molar-refractivity contribution in [2.24, 2.45) is 0 Å². The minimum atomic E-state index is -0.690. The number of phenols is 1. The van der Waals surface area contributed by atoms with Crippen LogP contribution in [0.4, 0.5) is 22.7 Å². The number of nitrogens with two attached hydrogens (primary N) is 2. The first-order valence-electron chi connectivity index (χ1n) is 6.59. The number of rotatable bonds is 4. The maximum Gasteiger partial charge on any atom is 0.273 e. The maximum absolute atomic E-state index is 11.9. The topological polar surface area (TPSA) is 145 Å². The van der Waals surface area contributed by atoms with E-state index < -0.39 is 16.6 Å². The molecule has 0 bridgehead atoms. The normalized spacial score (nSPS) is 10.3. The molecule has 0 spiro atoms. The van der Waals surface area contributed by atoms with Crippen molar-refractivity contribution in [3.8, 4) is 5.75 Å². The Morgan fingerprint density at radius 1 is 1.28 bits per heavy atom. The van der Waals surface area contributed by atoms with Gasteiger partial charge in [-0.25, -0.2) is 0 Å². The molecule has 25 heavy (non-hydrogen) atoms. The second-order valence-electron chi connectivity index (χ2n) is 4.79. The SMILES string of the molecule is Cl.Nc1ccc(N)c(C=CC(=O)Nc2cc([N+](=O)[O-])cc(Cl)c2O)c1. The summed E-state index contributed by atoms with van der Waals surface area (Å²) in [6, 6.07) is 6.79. The predicted octanol–water partition coefficient (Wildman–Crippen LogP) is 3.19. The molecule has 2 rings (SSSR count). The highest BCUT2D eigenvalue weighted by molar-refractivity contribution is 6.33. The van der Waals surface area contributed by atoms with E-state index in [0.29, 0.717) is 16.9 Å². The Hall–Kier alpha value is -2.97. The van der Waals surface area contributed by atoms with Gasteiger partial charge in [-0.2, -0.15) is 0 Å². The standard InChI is InChI=1S/C15H13ClN4O4.ClH/c16-11-6-10(20(23)24)7-13(15(11)22)19-14(21)4-1-8-5-9(17)2-3-12(8)18;/h1-7,22H,17-18H2,(H,19,21);1H. The van der Waals surface area contributed by atoms with Crippen molar-refractivity contribution < 1.29 is 14.8 Å². The summed E-state index contributed by atoms with van der Waals surface area (Å²) in [5.41, 5.74) is 12.3. The predicted molar refractivity (Wildman–Crippen MR) is 99.9 cm³/mol. The molecule has 2 aromatic carbocycles. The summed E-state index contributed by atoms with van der Waals surface area (Å²) in [5.74, 6) is -1.10. The van der Waals surface area contributed by atoms with Gasteiger partial charge in [0.1, 0.15) is 0 Å². The second kappa shape index (κ2) is 8.22. The number of aromatic hydroxyl groups is 1. The number of nitrogen functional groups attached to an aromatic ring is 2. The molecule has 10 heteroatoms. The number of carbonyl (C=O) groups is 1. The van der Waals surface area contributed by atoms with E-state index in [1.165, 1.54) is 6.08 Å². The first-order valence-corrected chi connectivity index (χ1v) is 6.96. The minimum Gasteiger partial charge on any atom is -0.504 e. The Bertz CT molecular complexity index is 856. The minimum absolute atomic E-state index is 0. The monoisotopic (exact) mass is 384 g/mol. The Morgan fingerprint density at radius 2 is 1.96 bits per heavy atom. The van der Waals surface area contributed by atoms with Crippen LogP contribution in [0.25, 0.3) is 6.08 Å². The summed E-state index contributed by atoms with van der Waals surface area (Å²) in [6.45, 7) is 0. The zero-order valence-electron chi connectivity index (χ0n) is 12.6. The van der Waals surface area contributed by atoms with E-state index >= 15 is 0 Å². The number of halogens is 2. The quantitative estimate of drug-likeness (QED) is 0.209. The molecule has 0 aliphatic heterocycles. The number of phenolic OH excluding ortho intramolecular Hbond substituents is 1. The van der Waals surface area contributed by atoms with Crippen molar-refractivity contribution in [1.82, 2.24) is 0 Å². The molecule has 0 aromatic heterocycles. The third-order valence-corrected chi connectivity index (χ3v) is 3.33. The maximum atomic E-state index is 11.9. The molecule has 0 fully saturated rings. The number of non-ortho nitro benzene ring substituents is 1. The van der Waals surface area contributed by atoms with E-state index in [2.05, 4.69) is 5.32 Å². The van der Waals surface area contributed by atoms with Crippen LogP contribution in [-0.2, 0) is 4.79 Å². The largest absolute Gasteiger partial charge is 0.504 e. The van der Waals surface area contributed by atoms with Gasteiger partial charge < -0.3 is 21.9 Å². The molecule has 0 aliphatic carbocycles. The van der Waals surface area contributed by atoms with Crippen LogP contribution >= 0.6 is 24.0 Å². The van der Waals surface area contributed by atoms with Crippen molar-refractivity contribution in [2.75, 3.05) is 16.8 Å². The van der Waals surface area contributed by atoms with Crippen LogP contribution in [0.5, 0.6) is 5.75 Å². The molecule has 0 unspecified atom stereocenters. The Kier molecular flexibility index (Phi) is 6.60. The highest BCUT2D eigenvalue weighted by Crippen LogP contribution is 2.36. The number of nitro groups is 1. The van der Waals surface area contributed by atoms with Crippen molar-refractivity contribution in [1.29, 1.82) is 0 Å². The van der Waals surface area contributed by atoms with E-state index in [9.17, 15) is 20.0 Å². The highest BCUT2D eigenvalue weighted by Gasteiger charge is 2.16. The number of nitro benzene ring substituents is 1. The fraction of sp³-hybridized carbons (Fsp3) is 0. The first kappa shape index (κ1) is 20.1. The molecular formula is C15H14Cl2N4O4. The molecule has 132 valence electrons. The van der Waals surface area contributed by atoms with Gasteiger partial charge in [-0.15, -0.1) is 12.4 Å². The van der Waals surface area contributed by atoms with Gasteiger partial charge in [-0.05, 0) is 29.8 Å². The van der Waals surface area contributed by atoms with Gasteiger partial charge in [0.25, 0.3) is 5.69 Å². The molecule has 0 heterocycles. The van der Waals surface area contributed by atoms with E-state index in [-0.39, 0.29) is 28.8 Å². The third kappa shape index (κ3) is 5.00. The van der Waals surface area contributed by atoms with Crippen LogP contribution < -0.4 is 16.8 Å². The number of nitrogens with zero attached hydrogens (tertiary/aromatic N) is 1. The van der Waals surface area contributed by atoms with Gasteiger partial charge in [-0.1, -0.05) is 11.6 Å². The van der Waals surface area contributed by atoms with E-state index in [4.69, 9.17) is 23.1 Å². The molecule has 0 aliphatic rings. The van der Waals surface area contributed by atoms with E-state index in [1.807, 2.05) is 0 Å². The smallest absolute Gasteiger partial charge is 0.273 e. The molecule has 0 saturated carbocycles. The Labute approximate surface area is 153 Å². The summed E-state index contributed by atoms with van der Waals surface area (Å²) in [5, 5.41) is 22.7. The van der Waals surface area contributed by atoms with Crippen molar-refractivity contribution in [2.45, 2.75) is 0 Å². The summed E-state index contributed by atoms with van der Waals surface area (Å²) in [4.78, 5) is 22.0. The zero-order chi connectivity index (χ0) is 17.9. The lowest BCUT2D eigenvalue weighted by Crippen LogP contribution is -2.08. The zero-order valence-corrected chi connectivity index (χ0v) is 14.2. The fourth-order valence-electron chi connectivity index (χ4n) is 1.86. The molecule has 0 atom stereocenters. The number of benzene rings is 2. The van der Waals surface area contributed by atoms with Gasteiger partial charge in [0.05, 0.1) is 15.6 Å². The van der Waals surface area contributed by atoms with Gasteiger partial charge in [0, 0.05) is 29.6 Å². The second-order valence-corrected chi connectivity index (χ2v) is 5.20. The number of anilines is 3. The average molecular weight is 385 g/mol. The lowest BCUT2D eigenvalue weighted by Gasteiger charge is -2.07. The lowest BCUT2D eigenvalue weighted by molar-refractivity contribution is -0.384. The third-order valence-electron chi connectivity index (χ3n) is 3.04. The van der Waals surface area contributed by atoms with Crippen molar-refractivity contribution in [3.63, 3.8) is 0 Å². The van der Waals surface area contributed by atoms with Gasteiger partial charge >= 0.3 is 0 Å². The van der Waals surface area contributed by atoms with E-state index in [0.717, 1.165) is 18.2 Å². The molecule has 8 nitrogen and oxygen atoms in total. The van der Waals surface area contributed by atoms with Gasteiger partial charge in [0.15, 0.2) is 5.75 Å². The molecule has 0 saturated heterocycles. The van der Waals surface area contributed by atoms with Gasteiger partial charge in [0.2, 0.25) is 5.91 Å². The number of carbonyl (C=O) groups excluding carboxylic acids is 1. The molecule has 6 N–H and O–H groups in total. The summed E-state index contributed by atoms with van der Waals surface area (Å²) >= 11 is 5.70. The van der Waals surface area contributed by atoms with Crippen LogP contribution in [0.2, 0.25) is 5.02 Å². The molecule has 1 amide bonds. The number of amides is 1. The van der Waals surface area contributed by atoms with Crippen molar-refractivity contribution in [3.05, 3.63) is 57.1 Å². The van der Waals surface area contributed by atoms with Crippen LogP contribution in [0.1, 0.15) is 5.56 Å². The van der Waals surface area contributed by atoms with Gasteiger partial charge in [-0.3, -0.25) is 14.9 Å². The number of nitrogens with one attached hydrogen (secondary N) is 1. The van der Waals surface area contributed by atoms with E-state index in [1.54, 1.807) is 18.2 Å². The molecular weight excluding hydrogens is 371 g/mol. The summed E-state index contributed by atoms with van der Waals surface area (Å²) < 4.78 is 0.